The van der Waals surface area contributed by atoms with Crippen molar-refractivity contribution in [1.82, 2.24) is 10.2 Å². The predicted octanol–water partition coefficient (Wildman–Crippen LogP) is 3.88. The van der Waals surface area contributed by atoms with Crippen LogP contribution in [0.3, 0.4) is 0 Å². The largest absolute Gasteiger partial charge is 0.497 e. The lowest BCUT2D eigenvalue weighted by molar-refractivity contribution is 0.175. The lowest BCUT2D eigenvalue weighted by Crippen LogP contribution is -2.39. The van der Waals surface area contributed by atoms with E-state index in [1.54, 1.807) is 32.4 Å². The normalized spacial score (nSPS) is 15.0. The zero-order valence-corrected chi connectivity index (χ0v) is 16.9. The number of anilines is 1. The maximum absolute atomic E-state index is 13.0. The summed E-state index contributed by atoms with van der Waals surface area (Å²) in [6, 6.07) is 11.7. The lowest BCUT2D eigenvalue weighted by Gasteiger charge is -2.32. The first kappa shape index (κ1) is 20.9. The highest BCUT2D eigenvalue weighted by Crippen LogP contribution is 2.29. The van der Waals surface area contributed by atoms with Gasteiger partial charge in [-0.25, -0.2) is 9.18 Å². The van der Waals surface area contributed by atoms with Gasteiger partial charge in [-0.3, -0.25) is 4.90 Å². The molecule has 1 aliphatic heterocycles. The molecule has 1 heterocycles. The topological polar surface area (TPSA) is 62.8 Å². The number of nitrogens with one attached hydrogen (secondary N) is 2. The fourth-order valence-electron chi connectivity index (χ4n) is 3.50. The number of urea groups is 1. The number of amides is 2. The quantitative estimate of drug-likeness (QED) is 0.739. The second-order valence-corrected chi connectivity index (χ2v) is 7.25. The molecule has 156 valence electrons. The van der Waals surface area contributed by atoms with Gasteiger partial charge in [0.2, 0.25) is 0 Å². The third-order valence-electron chi connectivity index (χ3n) is 5.23. The Morgan fingerprint density at radius 3 is 2.48 bits per heavy atom. The Morgan fingerprint density at radius 1 is 1.10 bits per heavy atom. The van der Waals surface area contributed by atoms with Crippen molar-refractivity contribution >= 4 is 11.7 Å². The van der Waals surface area contributed by atoms with E-state index in [0.29, 0.717) is 29.6 Å². The van der Waals surface area contributed by atoms with Gasteiger partial charge in [-0.05, 0) is 61.7 Å². The number of methoxy groups -OCH3 is 2. The second kappa shape index (κ2) is 10.1. The minimum absolute atomic E-state index is 0.205. The zero-order valence-electron chi connectivity index (χ0n) is 16.9. The highest BCUT2D eigenvalue weighted by Gasteiger charge is 2.20. The smallest absolute Gasteiger partial charge is 0.319 e. The summed E-state index contributed by atoms with van der Waals surface area (Å²) in [5.41, 5.74) is 1.72. The summed E-state index contributed by atoms with van der Waals surface area (Å²) < 4.78 is 23.5. The number of benzene rings is 2. The lowest BCUT2D eigenvalue weighted by atomic mass is 9.96. The first-order chi connectivity index (χ1) is 14.1. The van der Waals surface area contributed by atoms with Gasteiger partial charge in [0.1, 0.15) is 17.3 Å². The monoisotopic (exact) mass is 401 g/mol. The molecule has 2 amide bonds. The van der Waals surface area contributed by atoms with Crippen LogP contribution < -0.4 is 20.1 Å². The van der Waals surface area contributed by atoms with Crippen LogP contribution in [0.15, 0.2) is 42.5 Å². The van der Waals surface area contributed by atoms with Gasteiger partial charge in [-0.15, -0.1) is 0 Å². The molecule has 0 aliphatic carbocycles. The Hall–Kier alpha value is -2.80. The summed E-state index contributed by atoms with van der Waals surface area (Å²) in [5, 5.41) is 5.78. The molecular weight excluding hydrogens is 373 g/mol. The number of halogens is 1. The molecule has 0 spiro atoms. The van der Waals surface area contributed by atoms with Crippen LogP contribution in [0, 0.1) is 11.7 Å². The van der Waals surface area contributed by atoms with Crippen LogP contribution in [0.2, 0.25) is 0 Å². The minimum atomic E-state index is -0.248. The average molecular weight is 401 g/mol. The predicted molar refractivity (Wildman–Crippen MR) is 111 cm³/mol. The molecule has 2 N–H and O–H groups in total. The van der Waals surface area contributed by atoms with Crippen LogP contribution in [0.4, 0.5) is 14.9 Å². The summed E-state index contributed by atoms with van der Waals surface area (Å²) in [7, 11) is 3.14. The fourth-order valence-corrected chi connectivity index (χ4v) is 3.50. The Kier molecular flexibility index (Phi) is 7.30. The first-order valence-corrected chi connectivity index (χ1v) is 9.81. The van der Waals surface area contributed by atoms with Gasteiger partial charge in [-0.1, -0.05) is 12.1 Å². The Balaban J connectivity index is 1.41. The molecule has 6 nitrogen and oxygen atoms in total. The molecule has 0 unspecified atom stereocenters. The van der Waals surface area contributed by atoms with E-state index in [-0.39, 0.29) is 11.8 Å². The molecule has 29 heavy (non-hydrogen) atoms. The van der Waals surface area contributed by atoms with Crippen molar-refractivity contribution < 1.29 is 18.7 Å². The van der Waals surface area contributed by atoms with E-state index in [1.807, 2.05) is 12.1 Å². The summed E-state index contributed by atoms with van der Waals surface area (Å²) in [4.78, 5) is 14.6. The number of hydrogen-bond donors (Lipinski definition) is 2. The van der Waals surface area contributed by atoms with Gasteiger partial charge < -0.3 is 20.1 Å². The molecule has 1 saturated heterocycles. The maximum atomic E-state index is 13.0. The van der Waals surface area contributed by atoms with Gasteiger partial charge in [0, 0.05) is 19.2 Å². The molecule has 7 heteroatoms. The third kappa shape index (κ3) is 6.09. The van der Waals surface area contributed by atoms with Crippen LogP contribution in [0.5, 0.6) is 11.5 Å². The van der Waals surface area contributed by atoms with Crippen LogP contribution >= 0.6 is 0 Å². The molecular formula is C22H28FN3O3. The molecule has 2 aromatic rings. The van der Waals surface area contributed by atoms with E-state index in [0.717, 1.165) is 38.0 Å². The van der Waals surface area contributed by atoms with Crippen molar-refractivity contribution in [3.63, 3.8) is 0 Å². The van der Waals surface area contributed by atoms with Crippen molar-refractivity contribution in [3.05, 3.63) is 53.8 Å². The number of carbonyl (C=O) groups excluding carboxylic acids is 1. The van der Waals surface area contributed by atoms with Crippen molar-refractivity contribution in [2.24, 2.45) is 5.92 Å². The molecule has 0 saturated carbocycles. The molecule has 2 aromatic carbocycles. The molecule has 1 aliphatic rings. The highest BCUT2D eigenvalue weighted by atomic mass is 19.1. The fraction of sp³-hybridized carbons (Fsp3) is 0.409. The zero-order chi connectivity index (χ0) is 20.6. The molecule has 0 atom stereocenters. The first-order valence-electron chi connectivity index (χ1n) is 9.81. The van der Waals surface area contributed by atoms with E-state index in [2.05, 4.69) is 15.5 Å². The Morgan fingerprint density at radius 2 is 1.83 bits per heavy atom. The molecule has 0 aromatic heterocycles. The summed E-state index contributed by atoms with van der Waals surface area (Å²) in [5.74, 6) is 1.46. The van der Waals surface area contributed by atoms with Crippen molar-refractivity contribution in [1.29, 1.82) is 0 Å². The number of piperidine rings is 1. The maximum Gasteiger partial charge on any atom is 0.319 e. The second-order valence-electron chi connectivity index (χ2n) is 7.25. The average Bonchev–Trinajstić information content (AvgIpc) is 2.75. The summed E-state index contributed by atoms with van der Waals surface area (Å²) in [6.07, 6.45) is 2.04. The van der Waals surface area contributed by atoms with Crippen LogP contribution in [0.1, 0.15) is 18.4 Å². The molecule has 1 fully saturated rings. The SMILES string of the molecule is COc1ccc(NC(=O)NCC2CCN(Cc3ccc(F)cc3)CC2)c(OC)c1. The van der Waals surface area contributed by atoms with E-state index in [9.17, 15) is 9.18 Å². The Labute approximate surface area is 171 Å². The van der Waals surface area contributed by atoms with Gasteiger partial charge in [0.05, 0.1) is 19.9 Å². The molecule has 3 rings (SSSR count). The Bertz CT molecular complexity index is 805. The van der Waals surface area contributed by atoms with Gasteiger partial charge >= 0.3 is 6.03 Å². The van der Waals surface area contributed by atoms with E-state index < -0.39 is 0 Å². The number of nitrogens with zero attached hydrogens (tertiary/aromatic N) is 1. The molecule has 0 bridgehead atoms. The highest BCUT2D eigenvalue weighted by molar-refractivity contribution is 5.91. The number of rotatable bonds is 7. The third-order valence-corrected chi connectivity index (χ3v) is 5.23. The van der Waals surface area contributed by atoms with E-state index in [4.69, 9.17) is 9.47 Å². The number of likely N-dealkylation sites (tertiary alicyclic amines) is 1. The van der Waals surface area contributed by atoms with Gasteiger partial charge in [0.15, 0.2) is 0 Å². The van der Waals surface area contributed by atoms with Gasteiger partial charge in [-0.2, -0.15) is 0 Å². The van der Waals surface area contributed by atoms with Crippen molar-refractivity contribution in [2.45, 2.75) is 19.4 Å². The summed E-state index contributed by atoms with van der Waals surface area (Å²) in [6.45, 7) is 3.40. The van der Waals surface area contributed by atoms with Crippen LogP contribution in [-0.4, -0.2) is 44.8 Å². The standard InChI is InChI=1S/C22H28FN3O3/c1-28-19-7-8-20(21(13-19)29-2)25-22(27)24-14-16-9-11-26(12-10-16)15-17-3-5-18(23)6-4-17/h3-8,13,16H,9-12,14-15H2,1-2H3,(H2,24,25,27). The van der Waals surface area contributed by atoms with Crippen LogP contribution in [-0.2, 0) is 6.54 Å². The van der Waals surface area contributed by atoms with Crippen LogP contribution in [0.25, 0.3) is 0 Å². The minimum Gasteiger partial charge on any atom is -0.497 e. The molecule has 0 radical (unpaired) electrons. The van der Waals surface area contributed by atoms with Crippen molar-refractivity contribution in [3.8, 4) is 11.5 Å². The summed E-state index contributed by atoms with van der Waals surface area (Å²) >= 11 is 0. The van der Waals surface area contributed by atoms with E-state index >= 15 is 0 Å². The number of carbonyl (C=O) groups is 1. The van der Waals surface area contributed by atoms with E-state index in [1.165, 1.54) is 12.1 Å². The number of hydrogen-bond acceptors (Lipinski definition) is 4. The van der Waals surface area contributed by atoms with Gasteiger partial charge in [0.25, 0.3) is 0 Å². The van der Waals surface area contributed by atoms with Crippen molar-refractivity contribution in [2.75, 3.05) is 39.2 Å². The number of ether oxygens (including phenoxy) is 2.